The molecule has 1 aliphatic carbocycles. The first-order chi connectivity index (χ1) is 7.40. The number of rotatable bonds is 2. The van der Waals surface area contributed by atoms with Crippen LogP contribution in [-0.4, -0.2) is 23.8 Å². The molecule has 5 heteroatoms. The molecule has 1 saturated carbocycles. The summed E-state index contributed by atoms with van der Waals surface area (Å²) in [7, 11) is 0. The van der Waals surface area contributed by atoms with Gasteiger partial charge in [-0.25, -0.2) is 9.63 Å². The molecule has 94 valence electrons. The van der Waals surface area contributed by atoms with Gasteiger partial charge < -0.3 is 10.1 Å². The highest BCUT2D eigenvalue weighted by Gasteiger charge is 2.24. The molecule has 16 heavy (non-hydrogen) atoms. The van der Waals surface area contributed by atoms with Crippen LogP contribution in [0.15, 0.2) is 0 Å². The number of amides is 1. The zero-order valence-corrected chi connectivity index (χ0v) is 10.9. The Labute approximate surface area is 102 Å². The lowest BCUT2D eigenvalue weighted by Gasteiger charge is -2.29. The van der Waals surface area contributed by atoms with Crippen LogP contribution in [0.5, 0.6) is 0 Å². The molecular formula is C11H21ClN2O2. The summed E-state index contributed by atoms with van der Waals surface area (Å²) >= 11 is 5.56. The van der Waals surface area contributed by atoms with Crippen LogP contribution >= 0.6 is 11.8 Å². The molecule has 1 fully saturated rings. The van der Waals surface area contributed by atoms with Crippen molar-refractivity contribution in [1.82, 2.24) is 10.2 Å². The SMILES string of the molecule is CC(C)(C)OC(=O)NC1CCC(NCl)CC1. The number of alkyl carbamates (subject to hydrolysis) is 1. The van der Waals surface area contributed by atoms with Gasteiger partial charge in [-0.15, -0.1) is 0 Å². The van der Waals surface area contributed by atoms with E-state index in [9.17, 15) is 4.79 Å². The van der Waals surface area contributed by atoms with Gasteiger partial charge in [0.25, 0.3) is 0 Å². The van der Waals surface area contributed by atoms with Crippen LogP contribution in [0.2, 0.25) is 0 Å². The average Bonchev–Trinajstić information content (AvgIpc) is 2.16. The lowest BCUT2D eigenvalue weighted by molar-refractivity contribution is 0.0491. The van der Waals surface area contributed by atoms with E-state index < -0.39 is 5.60 Å². The summed E-state index contributed by atoms with van der Waals surface area (Å²) in [4.78, 5) is 14.2. The molecule has 0 bridgehead atoms. The third kappa shape index (κ3) is 5.03. The van der Waals surface area contributed by atoms with E-state index in [2.05, 4.69) is 10.2 Å². The maximum atomic E-state index is 11.5. The van der Waals surface area contributed by atoms with Gasteiger partial charge in [-0.1, -0.05) is 0 Å². The van der Waals surface area contributed by atoms with E-state index in [-0.39, 0.29) is 12.1 Å². The number of ether oxygens (including phenoxy) is 1. The zero-order chi connectivity index (χ0) is 12.2. The smallest absolute Gasteiger partial charge is 0.407 e. The number of hydrogen-bond acceptors (Lipinski definition) is 3. The molecule has 0 spiro atoms. The Hall–Kier alpha value is -0.480. The monoisotopic (exact) mass is 248 g/mol. The van der Waals surface area contributed by atoms with Gasteiger partial charge in [0.1, 0.15) is 5.60 Å². The predicted octanol–water partition coefficient (Wildman–Crippen LogP) is 2.57. The molecule has 0 aliphatic heterocycles. The Morgan fingerprint density at radius 1 is 1.19 bits per heavy atom. The lowest BCUT2D eigenvalue weighted by Crippen LogP contribution is -2.42. The predicted molar refractivity (Wildman–Crippen MR) is 64.4 cm³/mol. The fourth-order valence-electron chi connectivity index (χ4n) is 1.82. The van der Waals surface area contributed by atoms with Crippen molar-refractivity contribution >= 4 is 17.9 Å². The van der Waals surface area contributed by atoms with Crippen LogP contribution in [0.1, 0.15) is 46.5 Å². The van der Waals surface area contributed by atoms with Crippen LogP contribution in [0.4, 0.5) is 4.79 Å². The second-order valence-corrected chi connectivity index (χ2v) is 5.52. The molecule has 0 atom stereocenters. The molecule has 0 aromatic carbocycles. The largest absolute Gasteiger partial charge is 0.444 e. The summed E-state index contributed by atoms with van der Waals surface area (Å²) in [5.41, 5.74) is -0.432. The van der Waals surface area contributed by atoms with Crippen LogP contribution in [-0.2, 0) is 4.74 Å². The number of carbonyl (C=O) groups excluding carboxylic acids is 1. The Balaban J connectivity index is 2.26. The van der Waals surface area contributed by atoms with E-state index in [4.69, 9.17) is 16.5 Å². The maximum Gasteiger partial charge on any atom is 0.407 e. The molecule has 4 nitrogen and oxygen atoms in total. The van der Waals surface area contributed by atoms with Crippen molar-refractivity contribution < 1.29 is 9.53 Å². The highest BCUT2D eigenvalue weighted by Crippen LogP contribution is 2.19. The van der Waals surface area contributed by atoms with Crippen molar-refractivity contribution in [2.75, 3.05) is 0 Å². The number of halogens is 1. The van der Waals surface area contributed by atoms with E-state index in [1.54, 1.807) is 0 Å². The van der Waals surface area contributed by atoms with Crippen LogP contribution < -0.4 is 10.2 Å². The summed E-state index contributed by atoms with van der Waals surface area (Å²) in [6.07, 6.45) is 3.55. The molecule has 1 rings (SSSR count). The van der Waals surface area contributed by atoms with Crippen molar-refractivity contribution in [2.45, 2.75) is 64.1 Å². The fraction of sp³-hybridized carbons (Fsp3) is 0.909. The molecule has 0 radical (unpaired) electrons. The average molecular weight is 249 g/mol. The Morgan fingerprint density at radius 3 is 2.12 bits per heavy atom. The van der Waals surface area contributed by atoms with E-state index >= 15 is 0 Å². The van der Waals surface area contributed by atoms with E-state index in [1.165, 1.54) is 0 Å². The summed E-state index contributed by atoms with van der Waals surface area (Å²) in [5, 5.41) is 2.89. The first kappa shape index (κ1) is 13.6. The van der Waals surface area contributed by atoms with Gasteiger partial charge in [0.05, 0.1) is 0 Å². The molecule has 0 heterocycles. The Bertz CT molecular complexity index is 233. The Morgan fingerprint density at radius 2 is 1.69 bits per heavy atom. The number of carbonyl (C=O) groups is 1. The first-order valence-electron chi connectivity index (χ1n) is 5.76. The molecule has 1 amide bonds. The second-order valence-electron chi connectivity index (χ2n) is 5.30. The van der Waals surface area contributed by atoms with Gasteiger partial charge in [-0.05, 0) is 58.2 Å². The molecule has 0 aromatic heterocycles. The summed E-state index contributed by atoms with van der Waals surface area (Å²) < 4.78 is 5.20. The molecule has 1 aliphatic rings. The van der Waals surface area contributed by atoms with E-state index in [1.807, 2.05) is 20.8 Å². The summed E-state index contributed by atoms with van der Waals surface area (Å²) in [5.74, 6) is 0. The molecule has 2 N–H and O–H groups in total. The van der Waals surface area contributed by atoms with E-state index in [0.717, 1.165) is 25.7 Å². The van der Waals surface area contributed by atoms with Crippen LogP contribution in [0.3, 0.4) is 0 Å². The van der Waals surface area contributed by atoms with Crippen LogP contribution in [0, 0.1) is 0 Å². The topological polar surface area (TPSA) is 50.4 Å². The van der Waals surface area contributed by atoms with Crippen molar-refractivity contribution in [3.8, 4) is 0 Å². The van der Waals surface area contributed by atoms with Crippen LogP contribution in [0.25, 0.3) is 0 Å². The van der Waals surface area contributed by atoms with Gasteiger partial charge >= 0.3 is 6.09 Å². The van der Waals surface area contributed by atoms with Gasteiger partial charge in [0, 0.05) is 12.1 Å². The normalized spacial score (nSPS) is 26.2. The van der Waals surface area contributed by atoms with Gasteiger partial charge in [0.15, 0.2) is 0 Å². The minimum Gasteiger partial charge on any atom is -0.444 e. The summed E-state index contributed by atoms with van der Waals surface area (Å²) in [6.45, 7) is 5.59. The minimum atomic E-state index is -0.432. The third-order valence-electron chi connectivity index (χ3n) is 2.60. The van der Waals surface area contributed by atoms with Gasteiger partial charge in [-0.3, -0.25) is 0 Å². The first-order valence-corrected chi connectivity index (χ1v) is 6.14. The van der Waals surface area contributed by atoms with Crippen molar-refractivity contribution in [2.24, 2.45) is 0 Å². The van der Waals surface area contributed by atoms with Gasteiger partial charge in [-0.2, -0.15) is 0 Å². The second kappa shape index (κ2) is 5.73. The lowest BCUT2D eigenvalue weighted by atomic mass is 9.92. The fourth-order valence-corrected chi connectivity index (χ4v) is 2.04. The van der Waals surface area contributed by atoms with Crippen molar-refractivity contribution in [1.29, 1.82) is 0 Å². The highest BCUT2D eigenvalue weighted by molar-refractivity contribution is 6.13. The van der Waals surface area contributed by atoms with E-state index in [0.29, 0.717) is 6.04 Å². The minimum absolute atomic E-state index is 0.219. The molecule has 0 aromatic rings. The van der Waals surface area contributed by atoms with Gasteiger partial charge in [0.2, 0.25) is 0 Å². The zero-order valence-electron chi connectivity index (χ0n) is 10.2. The Kier molecular flexibility index (Phi) is 4.87. The summed E-state index contributed by atoms with van der Waals surface area (Å²) in [6, 6.07) is 0.592. The molecule has 0 saturated heterocycles. The van der Waals surface area contributed by atoms with Crippen molar-refractivity contribution in [3.05, 3.63) is 0 Å². The molecular weight excluding hydrogens is 228 g/mol. The third-order valence-corrected chi connectivity index (χ3v) is 2.91. The highest BCUT2D eigenvalue weighted by atomic mass is 35.5. The molecule has 0 unspecified atom stereocenters. The maximum absolute atomic E-state index is 11.5. The standard InChI is InChI=1S/C11H21ClN2O2/c1-11(2,3)16-10(15)13-8-4-6-9(14-12)7-5-8/h8-9,14H,4-7H2,1-3H3,(H,13,15). The quantitative estimate of drug-likeness (QED) is 0.739. The number of nitrogens with one attached hydrogen (secondary N) is 2. The van der Waals surface area contributed by atoms with Crippen molar-refractivity contribution in [3.63, 3.8) is 0 Å². The number of hydrogen-bond donors (Lipinski definition) is 2.